The van der Waals surface area contributed by atoms with Crippen LogP contribution in [0.2, 0.25) is 5.02 Å². The molecule has 2 aromatic carbocycles. The lowest BCUT2D eigenvalue weighted by Crippen LogP contribution is -2.78. The van der Waals surface area contributed by atoms with Crippen LogP contribution in [-0.2, 0) is 23.6 Å². The highest BCUT2D eigenvalue weighted by Gasteiger charge is 2.42. The van der Waals surface area contributed by atoms with Gasteiger partial charge in [0.2, 0.25) is 0 Å². The van der Waals surface area contributed by atoms with E-state index in [0.717, 1.165) is 72.9 Å². The number of ether oxygens (including phenoxy) is 3. The number of carbonyl (C=O) groups excluding carboxylic acids is 1. The van der Waals surface area contributed by atoms with Crippen LogP contribution >= 0.6 is 11.6 Å². The zero-order valence-corrected chi connectivity index (χ0v) is 28.6. The summed E-state index contributed by atoms with van der Waals surface area (Å²) in [6.45, 7) is 4.91. The Kier molecular flexibility index (Phi) is 11.7. The molecule has 0 bridgehead atoms. The maximum atomic E-state index is 11.5. The van der Waals surface area contributed by atoms with Gasteiger partial charge in [-0.2, -0.15) is 0 Å². The fourth-order valence-electron chi connectivity index (χ4n) is 6.23. The van der Waals surface area contributed by atoms with E-state index in [1.165, 1.54) is 0 Å². The minimum atomic E-state index is -1.19. The number of aromatic carboxylic acids is 1. The lowest BCUT2D eigenvalue weighted by molar-refractivity contribution is -0.494. The van der Waals surface area contributed by atoms with Gasteiger partial charge in [0.25, 0.3) is 5.79 Å². The van der Waals surface area contributed by atoms with Gasteiger partial charge in [0.05, 0.1) is 41.2 Å². The number of rotatable bonds is 10. The van der Waals surface area contributed by atoms with Crippen molar-refractivity contribution in [2.24, 2.45) is 0 Å². The van der Waals surface area contributed by atoms with Gasteiger partial charge in [-0.1, -0.05) is 29.8 Å². The van der Waals surface area contributed by atoms with Crippen LogP contribution in [0.4, 0.5) is 0 Å². The second-order valence-corrected chi connectivity index (χ2v) is 13.6. The van der Waals surface area contributed by atoms with Crippen molar-refractivity contribution >= 4 is 28.6 Å². The van der Waals surface area contributed by atoms with Crippen LogP contribution in [0.1, 0.15) is 59.5 Å². The molecule has 0 amide bonds. The van der Waals surface area contributed by atoms with Gasteiger partial charge in [-0.05, 0) is 74.2 Å². The largest absolute Gasteiger partial charge is 0.545 e. The van der Waals surface area contributed by atoms with Crippen LogP contribution in [0.5, 0.6) is 11.5 Å². The number of hydrogen-bond acceptors (Lipinski definition) is 11. The maximum Gasteiger partial charge on any atom is 0.292 e. The Morgan fingerprint density at radius 2 is 1.80 bits per heavy atom. The molecule has 2 aromatic heterocycles. The molecule has 2 saturated heterocycles. The van der Waals surface area contributed by atoms with E-state index in [1.54, 1.807) is 30.5 Å². The number of carboxylic acid groups (broad SMARTS) is 1. The van der Waals surface area contributed by atoms with E-state index < -0.39 is 17.3 Å². The Hall–Kier alpha value is -3.86. The SMILES string of the molecule is C[C@]1(c2ccc(Cl)cn2)Oc2cccc(C3CCN(Cc4nc5ccc(C(=O)[O-])cc5n4C[C@@H]4CCO4)CC3)c2O1.O.[NH3+]C(CO)(CO)CO. The summed E-state index contributed by atoms with van der Waals surface area (Å²) in [5, 5.41) is 37.3. The Balaban J connectivity index is 0.000000485. The van der Waals surface area contributed by atoms with Crippen LogP contribution < -0.4 is 20.3 Å². The summed E-state index contributed by atoms with van der Waals surface area (Å²) >= 11 is 6.04. The van der Waals surface area contributed by atoms with Crippen molar-refractivity contribution in [3.8, 4) is 11.5 Å². The highest BCUT2D eigenvalue weighted by atomic mass is 35.5. The lowest BCUT2D eigenvalue weighted by Gasteiger charge is -2.33. The molecule has 0 aliphatic carbocycles. The van der Waals surface area contributed by atoms with Crippen molar-refractivity contribution in [1.82, 2.24) is 19.4 Å². The quantitative estimate of drug-likeness (QED) is 0.176. The van der Waals surface area contributed by atoms with Gasteiger partial charge in [0, 0.05) is 25.3 Å². The maximum absolute atomic E-state index is 11.5. The topological polar surface area (TPSA) is 222 Å². The van der Waals surface area contributed by atoms with E-state index >= 15 is 0 Å². The molecule has 3 aliphatic heterocycles. The van der Waals surface area contributed by atoms with Crippen LogP contribution in [-0.4, -0.2) is 97.4 Å². The average Bonchev–Trinajstić information content (AvgIpc) is 3.63. The Morgan fingerprint density at radius 3 is 2.38 bits per heavy atom. The van der Waals surface area contributed by atoms with Gasteiger partial charge < -0.3 is 55.2 Å². The van der Waals surface area contributed by atoms with Gasteiger partial charge in [0.1, 0.15) is 31.3 Å². The first kappa shape index (κ1) is 37.4. The van der Waals surface area contributed by atoms with Gasteiger partial charge >= 0.3 is 0 Å². The van der Waals surface area contributed by atoms with Crippen LogP contribution in [0, 0.1) is 0 Å². The molecule has 0 unspecified atom stereocenters. The number of para-hydroxylation sites is 1. The average molecular weight is 714 g/mol. The number of piperidine rings is 1. The Morgan fingerprint density at radius 1 is 1.08 bits per heavy atom. The zero-order chi connectivity index (χ0) is 34.8. The highest BCUT2D eigenvalue weighted by Crippen LogP contribution is 2.49. The van der Waals surface area contributed by atoms with E-state index in [0.29, 0.717) is 29.7 Å². The predicted octanol–water partition coefficient (Wildman–Crippen LogP) is 0.380. The summed E-state index contributed by atoms with van der Waals surface area (Å²) in [7, 11) is 0. The molecule has 0 saturated carbocycles. The molecule has 2 fully saturated rings. The molecule has 15 heteroatoms. The number of carboxylic acids is 1. The number of aliphatic hydroxyl groups excluding tert-OH is 3. The molecule has 270 valence electrons. The van der Waals surface area contributed by atoms with E-state index in [1.807, 2.05) is 25.1 Å². The van der Waals surface area contributed by atoms with Gasteiger partial charge in [0.15, 0.2) is 17.0 Å². The zero-order valence-electron chi connectivity index (χ0n) is 27.9. The number of fused-ring (bicyclic) bond motifs is 2. The highest BCUT2D eigenvalue weighted by molar-refractivity contribution is 6.30. The number of imidazole rings is 1. The first-order chi connectivity index (χ1) is 23.5. The number of likely N-dealkylation sites (tertiary alicyclic amines) is 1. The lowest BCUT2D eigenvalue weighted by atomic mass is 9.88. The molecule has 50 heavy (non-hydrogen) atoms. The van der Waals surface area contributed by atoms with Gasteiger partial charge in [-0.15, -0.1) is 0 Å². The number of aliphatic hydroxyl groups is 3. The van der Waals surface area contributed by atoms with E-state index in [9.17, 15) is 9.90 Å². The third-order valence-corrected chi connectivity index (χ3v) is 9.67. The molecular weight excluding hydrogens is 670 g/mol. The summed E-state index contributed by atoms with van der Waals surface area (Å²) in [6.07, 6.45) is 4.65. The first-order valence-corrected chi connectivity index (χ1v) is 16.8. The van der Waals surface area contributed by atoms with Crippen LogP contribution in [0.3, 0.4) is 0 Å². The van der Waals surface area contributed by atoms with E-state index in [4.69, 9.17) is 46.1 Å². The fraction of sp³-hybridized carbons (Fsp3) is 0.457. The summed E-state index contributed by atoms with van der Waals surface area (Å²) in [6, 6.07) is 14.7. The number of aromatic nitrogens is 3. The molecule has 2 atom stereocenters. The monoisotopic (exact) mass is 713 g/mol. The molecule has 5 heterocycles. The summed E-state index contributed by atoms with van der Waals surface area (Å²) in [5.41, 5.74) is 5.99. The van der Waals surface area contributed by atoms with Crippen LogP contribution in [0.15, 0.2) is 54.7 Å². The van der Waals surface area contributed by atoms with Crippen molar-refractivity contribution in [3.05, 3.63) is 82.4 Å². The number of halogens is 1. The minimum Gasteiger partial charge on any atom is -0.545 e. The molecular formula is C35H44ClN5O9. The molecule has 14 nitrogen and oxygen atoms in total. The van der Waals surface area contributed by atoms with Gasteiger partial charge in [-0.25, -0.2) is 4.98 Å². The number of carbonyl (C=O) groups is 1. The van der Waals surface area contributed by atoms with Crippen molar-refractivity contribution in [1.29, 1.82) is 0 Å². The van der Waals surface area contributed by atoms with Crippen molar-refractivity contribution in [2.45, 2.75) is 62.6 Å². The third-order valence-electron chi connectivity index (χ3n) is 9.44. The van der Waals surface area contributed by atoms with E-state index in [-0.39, 0.29) is 37.0 Å². The van der Waals surface area contributed by atoms with Crippen molar-refractivity contribution < 1.29 is 50.6 Å². The standard InChI is InChI=1S/C31H31ClN4O5.C4H11NO3.H2O/c1-31(27-8-6-21(32)16-33-27)40-26-4-2-3-23(29(26)41-31)19-9-12-35(13-10-19)18-28-34-24-7-5-20(30(37)38)15-25(24)36(28)17-22-11-14-39-22;5-4(1-6,2-7)3-8;/h2-8,15-16,19,22H,9-14,17-18H2,1H3,(H,37,38);6-8H,1-3,5H2;1H2/t22-,31-;;/m0../s1. The third kappa shape index (κ3) is 7.87. The Labute approximate surface area is 294 Å². The Bertz CT molecular complexity index is 1760. The number of hydrogen-bond donors (Lipinski definition) is 4. The van der Waals surface area contributed by atoms with Crippen LogP contribution in [0.25, 0.3) is 11.0 Å². The smallest absolute Gasteiger partial charge is 0.292 e. The number of pyridine rings is 1. The number of nitrogens with zero attached hydrogens (tertiary/aromatic N) is 4. The summed E-state index contributed by atoms with van der Waals surface area (Å²) in [5.74, 6) is 0.577. The fourth-order valence-corrected chi connectivity index (χ4v) is 6.34. The molecule has 7 rings (SSSR count). The first-order valence-electron chi connectivity index (χ1n) is 16.4. The molecule has 4 aromatic rings. The van der Waals surface area contributed by atoms with E-state index in [2.05, 4.69) is 26.3 Å². The molecule has 0 spiro atoms. The summed E-state index contributed by atoms with van der Waals surface area (Å²) < 4.78 is 20.5. The number of quaternary nitrogens is 1. The van der Waals surface area contributed by atoms with Crippen molar-refractivity contribution in [2.75, 3.05) is 39.5 Å². The number of benzene rings is 2. The summed E-state index contributed by atoms with van der Waals surface area (Å²) in [4.78, 5) is 23.3. The minimum absolute atomic E-state index is 0. The second-order valence-electron chi connectivity index (χ2n) is 13.1. The van der Waals surface area contributed by atoms with Gasteiger partial charge in [-0.3, -0.25) is 9.88 Å². The molecule has 3 aliphatic rings. The second kappa shape index (κ2) is 15.6. The molecule has 0 radical (unpaired) electrons. The van der Waals surface area contributed by atoms with Crippen molar-refractivity contribution in [3.63, 3.8) is 0 Å². The molecule has 8 N–H and O–H groups in total. The normalized spacial score (nSPS) is 20.5. The predicted molar refractivity (Wildman–Crippen MR) is 180 cm³/mol.